The smallest absolute Gasteiger partial charge is 0.0431 e. The summed E-state index contributed by atoms with van der Waals surface area (Å²) in [7, 11) is 0. The molecule has 0 heterocycles. The summed E-state index contributed by atoms with van der Waals surface area (Å²) < 4.78 is 0. The highest BCUT2D eigenvalue weighted by molar-refractivity contribution is 5.30. The van der Waals surface area contributed by atoms with E-state index in [1.807, 2.05) is 0 Å². The summed E-state index contributed by atoms with van der Waals surface area (Å²) in [6, 6.07) is 10.7. The second-order valence-corrected chi connectivity index (χ2v) is 3.97. The third-order valence-electron chi connectivity index (χ3n) is 3.05. The molecule has 1 aromatic rings. The molecule has 0 radical (unpaired) electrons. The molecule has 0 bridgehead atoms. The lowest BCUT2D eigenvalue weighted by atomic mass is 9.91. The van der Waals surface area contributed by atoms with Crippen LogP contribution in [0.15, 0.2) is 30.3 Å². The van der Waals surface area contributed by atoms with E-state index >= 15 is 0 Å². The predicted octanol–water partition coefficient (Wildman–Crippen LogP) is 2.49. The first-order valence-electron chi connectivity index (χ1n) is 5.04. The largest absolute Gasteiger partial charge is 0.396 e. The van der Waals surface area contributed by atoms with Crippen LogP contribution in [0, 0.1) is 0 Å². The van der Waals surface area contributed by atoms with Crippen LogP contribution in [0.5, 0.6) is 0 Å². The zero-order chi connectivity index (χ0) is 9.15. The van der Waals surface area contributed by atoms with Crippen LogP contribution in [0.2, 0.25) is 0 Å². The first-order chi connectivity index (χ1) is 6.37. The van der Waals surface area contributed by atoms with Crippen LogP contribution in [0.25, 0.3) is 0 Å². The minimum Gasteiger partial charge on any atom is -0.396 e. The van der Waals surface area contributed by atoms with Gasteiger partial charge in [0.25, 0.3) is 0 Å². The number of aliphatic hydroxyl groups excluding tert-OH is 1. The van der Waals surface area contributed by atoms with Gasteiger partial charge in [-0.05, 0) is 36.7 Å². The van der Waals surface area contributed by atoms with Gasteiger partial charge in [-0.2, -0.15) is 0 Å². The van der Waals surface area contributed by atoms with Crippen molar-refractivity contribution in [3.8, 4) is 0 Å². The summed E-state index contributed by atoms with van der Waals surface area (Å²) >= 11 is 0. The molecule has 0 saturated heterocycles. The molecule has 0 aromatic heterocycles. The Balaban J connectivity index is 2.07. The molecule has 0 aliphatic heterocycles. The van der Waals surface area contributed by atoms with E-state index in [-0.39, 0.29) is 0 Å². The first-order valence-corrected chi connectivity index (χ1v) is 5.04. The van der Waals surface area contributed by atoms with Gasteiger partial charge in [-0.25, -0.2) is 0 Å². The molecule has 0 spiro atoms. The summed E-state index contributed by atoms with van der Waals surface area (Å²) in [5, 5.41) is 8.80. The van der Waals surface area contributed by atoms with E-state index in [0.29, 0.717) is 12.0 Å². The van der Waals surface area contributed by atoms with E-state index in [2.05, 4.69) is 30.3 Å². The van der Waals surface area contributed by atoms with E-state index in [9.17, 15) is 0 Å². The van der Waals surface area contributed by atoms with Crippen molar-refractivity contribution >= 4 is 0 Å². The maximum absolute atomic E-state index is 8.80. The van der Waals surface area contributed by atoms with Crippen molar-refractivity contribution in [1.82, 2.24) is 0 Å². The van der Waals surface area contributed by atoms with Crippen LogP contribution < -0.4 is 0 Å². The molecular weight excluding hydrogens is 160 g/mol. The minimum atomic E-state index is 0.328. The average Bonchev–Trinajstić information content (AvgIpc) is 2.97. The van der Waals surface area contributed by atoms with Gasteiger partial charge in [0, 0.05) is 6.61 Å². The number of benzene rings is 1. The Morgan fingerprint density at radius 1 is 1.15 bits per heavy atom. The van der Waals surface area contributed by atoms with Crippen molar-refractivity contribution in [1.29, 1.82) is 0 Å². The van der Waals surface area contributed by atoms with Crippen LogP contribution in [0.4, 0.5) is 0 Å². The standard InChI is InChI=1S/C12H16O/c13-10-4-7-12(8-9-12)11-5-2-1-3-6-11/h1-3,5-6,13H,4,7-10H2. The normalized spacial score (nSPS) is 18.5. The van der Waals surface area contributed by atoms with Crippen LogP contribution in [0.3, 0.4) is 0 Å². The maximum Gasteiger partial charge on any atom is 0.0431 e. The molecule has 0 atom stereocenters. The molecule has 1 aromatic carbocycles. The van der Waals surface area contributed by atoms with Gasteiger partial charge in [-0.1, -0.05) is 30.3 Å². The highest BCUT2D eigenvalue weighted by atomic mass is 16.2. The molecular formula is C12H16O. The van der Waals surface area contributed by atoms with Crippen molar-refractivity contribution in [3.05, 3.63) is 35.9 Å². The molecule has 1 fully saturated rings. The number of hydrogen-bond acceptors (Lipinski definition) is 1. The zero-order valence-corrected chi connectivity index (χ0v) is 7.87. The summed E-state index contributed by atoms with van der Waals surface area (Å²) in [6.07, 6.45) is 4.69. The van der Waals surface area contributed by atoms with Crippen LogP contribution >= 0.6 is 0 Å². The molecule has 1 aliphatic rings. The fourth-order valence-corrected chi connectivity index (χ4v) is 2.04. The summed E-state index contributed by atoms with van der Waals surface area (Å²) in [5.74, 6) is 0. The molecule has 1 N–H and O–H groups in total. The Bertz CT molecular complexity index is 262. The van der Waals surface area contributed by atoms with E-state index in [4.69, 9.17) is 5.11 Å². The van der Waals surface area contributed by atoms with Gasteiger partial charge in [0.05, 0.1) is 0 Å². The Kier molecular flexibility index (Phi) is 2.36. The number of rotatable bonds is 4. The molecule has 70 valence electrons. The maximum atomic E-state index is 8.80. The van der Waals surface area contributed by atoms with Gasteiger partial charge in [0.2, 0.25) is 0 Å². The van der Waals surface area contributed by atoms with Gasteiger partial charge in [0.15, 0.2) is 0 Å². The van der Waals surface area contributed by atoms with Crippen LogP contribution in [0.1, 0.15) is 31.2 Å². The van der Waals surface area contributed by atoms with E-state index in [0.717, 1.165) is 12.8 Å². The van der Waals surface area contributed by atoms with E-state index in [1.165, 1.54) is 18.4 Å². The minimum absolute atomic E-state index is 0.328. The zero-order valence-electron chi connectivity index (χ0n) is 7.87. The topological polar surface area (TPSA) is 20.2 Å². The average molecular weight is 176 g/mol. The second kappa shape index (κ2) is 3.51. The molecule has 1 aliphatic carbocycles. The SMILES string of the molecule is OCCCC1(c2ccccc2)CC1. The van der Waals surface area contributed by atoms with Crippen LogP contribution in [-0.4, -0.2) is 11.7 Å². The van der Waals surface area contributed by atoms with Crippen molar-refractivity contribution in [2.24, 2.45) is 0 Å². The Hall–Kier alpha value is -0.820. The Morgan fingerprint density at radius 3 is 2.38 bits per heavy atom. The highest BCUT2D eigenvalue weighted by Crippen LogP contribution is 2.51. The molecule has 1 nitrogen and oxygen atoms in total. The molecule has 0 amide bonds. The molecule has 1 heteroatoms. The van der Waals surface area contributed by atoms with Gasteiger partial charge < -0.3 is 5.11 Å². The molecule has 0 unspecified atom stereocenters. The van der Waals surface area contributed by atoms with Crippen molar-refractivity contribution < 1.29 is 5.11 Å². The third kappa shape index (κ3) is 1.75. The quantitative estimate of drug-likeness (QED) is 0.747. The third-order valence-corrected chi connectivity index (χ3v) is 3.05. The molecule has 13 heavy (non-hydrogen) atoms. The summed E-state index contributed by atoms with van der Waals surface area (Å²) in [5.41, 5.74) is 1.90. The van der Waals surface area contributed by atoms with Gasteiger partial charge in [0.1, 0.15) is 0 Å². The summed E-state index contributed by atoms with van der Waals surface area (Å²) in [4.78, 5) is 0. The Labute approximate surface area is 79.4 Å². The van der Waals surface area contributed by atoms with E-state index in [1.54, 1.807) is 0 Å². The fraction of sp³-hybridized carbons (Fsp3) is 0.500. The monoisotopic (exact) mass is 176 g/mol. The van der Waals surface area contributed by atoms with Crippen molar-refractivity contribution in [2.45, 2.75) is 31.1 Å². The van der Waals surface area contributed by atoms with Gasteiger partial charge >= 0.3 is 0 Å². The summed E-state index contributed by atoms with van der Waals surface area (Å²) in [6.45, 7) is 0.328. The highest BCUT2D eigenvalue weighted by Gasteiger charge is 2.42. The van der Waals surface area contributed by atoms with Crippen molar-refractivity contribution in [3.63, 3.8) is 0 Å². The van der Waals surface area contributed by atoms with Crippen molar-refractivity contribution in [2.75, 3.05) is 6.61 Å². The fourth-order valence-electron chi connectivity index (χ4n) is 2.04. The molecule has 2 rings (SSSR count). The van der Waals surface area contributed by atoms with Gasteiger partial charge in [-0.3, -0.25) is 0 Å². The lowest BCUT2D eigenvalue weighted by Gasteiger charge is -2.14. The van der Waals surface area contributed by atoms with Gasteiger partial charge in [-0.15, -0.1) is 0 Å². The predicted molar refractivity (Wildman–Crippen MR) is 53.7 cm³/mol. The van der Waals surface area contributed by atoms with Crippen LogP contribution in [-0.2, 0) is 5.41 Å². The second-order valence-electron chi connectivity index (χ2n) is 3.97. The Morgan fingerprint density at radius 2 is 1.85 bits per heavy atom. The van der Waals surface area contributed by atoms with E-state index < -0.39 is 0 Å². The number of aliphatic hydroxyl groups is 1. The lowest BCUT2D eigenvalue weighted by molar-refractivity contribution is 0.277. The first kappa shape index (κ1) is 8.76. The molecule has 1 saturated carbocycles. The number of hydrogen-bond donors (Lipinski definition) is 1. The lowest BCUT2D eigenvalue weighted by Crippen LogP contribution is -2.06.